The second-order valence-electron chi connectivity index (χ2n) is 6.50. The van der Waals surface area contributed by atoms with Crippen LogP contribution < -0.4 is 0 Å². The van der Waals surface area contributed by atoms with Crippen molar-refractivity contribution in [2.75, 3.05) is 12.3 Å². The monoisotopic (exact) mass is 343 g/mol. The van der Waals surface area contributed by atoms with Crippen molar-refractivity contribution in [2.45, 2.75) is 50.7 Å². The van der Waals surface area contributed by atoms with Gasteiger partial charge in [0.2, 0.25) is 5.91 Å². The molecule has 1 N–H and O–H groups in total. The Bertz CT molecular complexity index is 683. The summed E-state index contributed by atoms with van der Waals surface area (Å²) in [4.78, 5) is 22.4. The molecule has 0 bridgehead atoms. The first-order chi connectivity index (χ1) is 11.6. The van der Waals surface area contributed by atoms with Gasteiger partial charge in [-0.3, -0.25) is 4.79 Å². The summed E-state index contributed by atoms with van der Waals surface area (Å²) >= 11 is 1.51. The molecule has 4 nitrogen and oxygen atoms in total. The molecule has 1 amide bonds. The molecule has 1 aromatic carbocycles. The minimum atomic E-state index is 0.228. The van der Waals surface area contributed by atoms with Crippen molar-refractivity contribution >= 4 is 17.7 Å². The number of carbonyl (C=O) groups excluding carboxylic acids is 1. The van der Waals surface area contributed by atoms with Gasteiger partial charge in [0.15, 0.2) is 5.16 Å². The summed E-state index contributed by atoms with van der Waals surface area (Å²) in [7, 11) is 0. The molecule has 0 aliphatic carbocycles. The first kappa shape index (κ1) is 17.1. The van der Waals surface area contributed by atoms with E-state index in [2.05, 4.69) is 29.0 Å². The van der Waals surface area contributed by atoms with Crippen LogP contribution in [0.1, 0.15) is 43.1 Å². The van der Waals surface area contributed by atoms with E-state index in [4.69, 9.17) is 0 Å². The van der Waals surface area contributed by atoms with Crippen molar-refractivity contribution in [3.05, 3.63) is 47.3 Å². The number of H-pyrrole nitrogens is 1. The number of amides is 1. The molecule has 0 unspecified atom stereocenters. The number of carbonyl (C=O) groups is 1. The van der Waals surface area contributed by atoms with Gasteiger partial charge in [0.1, 0.15) is 0 Å². The maximum atomic E-state index is 12.4. The lowest BCUT2D eigenvalue weighted by atomic mass is 10.0. The third-order valence-corrected chi connectivity index (χ3v) is 5.49. The molecule has 2 aromatic rings. The van der Waals surface area contributed by atoms with Gasteiger partial charge in [-0.15, -0.1) is 0 Å². The van der Waals surface area contributed by atoms with Gasteiger partial charge in [0.25, 0.3) is 0 Å². The Hall–Kier alpha value is -1.75. The largest absolute Gasteiger partial charge is 0.339 e. The van der Waals surface area contributed by atoms with Crippen molar-refractivity contribution in [3.8, 4) is 0 Å². The van der Waals surface area contributed by atoms with Crippen LogP contribution in [0.25, 0.3) is 0 Å². The van der Waals surface area contributed by atoms with E-state index in [0.717, 1.165) is 42.4 Å². The van der Waals surface area contributed by atoms with E-state index in [0.29, 0.717) is 11.8 Å². The predicted octanol–water partition coefficient (Wildman–Crippen LogP) is 3.80. The lowest BCUT2D eigenvalue weighted by Crippen LogP contribution is -2.42. The molecule has 128 valence electrons. The molecule has 1 aliphatic heterocycles. The minimum Gasteiger partial charge on any atom is -0.339 e. The van der Waals surface area contributed by atoms with Crippen molar-refractivity contribution in [2.24, 2.45) is 0 Å². The number of aromatic amines is 1. The number of benzene rings is 1. The number of rotatable bonds is 5. The molecule has 24 heavy (non-hydrogen) atoms. The summed E-state index contributed by atoms with van der Waals surface area (Å²) in [5.41, 5.74) is 3.39. The predicted molar refractivity (Wildman–Crippen MR) is 98.3 cm³/mol. The Morgan fingerprint density at radius 3 is 2.88 bits per heavy atom. The van der Waals surface area contributed by atoms with Gasteiger partial charge in [0.05, 0.1) is 11.4 Å². The Balaban J connectivity index is 1.58. The lowest BCUT2D eigenvalue weighted by Gasteiger charge is -2.33. The molecule has 3 rings (SSSR count). The van der Waals surface area contributed by atoms with Crippen molar-refractivity contribution < 1.29 is 4.79 Å². The average Bonchev–Trinajstić information content (AvgIpc) is 2.94. The number of likely N-dealkylation sites (tertiary alicyclic amines) is 1. The topological polar surface area (TPSA) is 49.0 Å². The number of aromatic nitrogens is 2. The van der Waals surface area contributed by atoms with Gasteiger partial charge in [-0.2, -0.15) is 0 Å². The number of nitrogens with one attached hydrogen (secondary N) is 1. The molecule has 0 spiro atoms. The van der Waals surface area contributed by atoms with Gasteiger partial charge in [-0.05, 0) is 38.7 Å². The standard InChI is InChI=1S/C19H25N3OS/c1-14-8-6-7-11-22(14)18(23)13-24-19-20-15(2)17(21-19)12-16-9-4-3-5-10-16/h3-5,9-10,14H,6-8,11-13H2,1-2H3,(H,20,21)/t14-/m0/s1. The van der Waals surface area contributed by atoms with E-state index in [1.54, 1.807) is 0 Å². The molecule has 1 saturated heterocycles. The van der Waals surface area contributed by atoms with Gasteiger partial charge in [-0.25, -0.2) is 4.98 Å². The zero-order chi connectivity index (χ0) is 16.9. The highest BCUT2D eigenvalue weighted by Crippen LogP contribution is 2.22. The minimum absolute atomic E-state index is 0.228. The number of hydrogen-bond acceptors (Lipinski definition) is 3. The fraction of sp³-hybridized carbons (Fsp3) is 0.474. The zero-order valence-corrected chi connectivity index (χ0v) is 15.2. The number of imidazole rings is 1. The van der Waals surface area contributed by atoms with Crippen molar-refractivity contribution in [1.29, 1.82) is 0 Å². The first-order valence-electron chi connectivity index (χ1n) is 8.65. The molecule has 1 fully saturated rings. The molecular formula is C19H25N3OS. The molecule has 0 saturated carbocycles. The molecule has 0 radical (unpaired) electrons. The van der Waals surface area contributed by atoms with Crippen LogP contribution in [-0.2, 0) is 11.2 Å². The van der Waals surface area contributed by atoms with Crippen LogP contribution in [0.15, 0.2) is 35.5 Å². The fourth-order valence-electron chi connectivity index (χ4n) is 3.18. The maximum absolute atomic E-state index is 12.4. The van der Waals surface area contributed by atoms with Crippen LogP contribution in [0.3, 0.4) is 0 Å². The van der Waals surface area contributed by atoms with E-state index in [1.165, 1.54) is 23.7 Å². The van der Waals surface area contributed by atoms with Gasteiger partial charge >= 0.3 is 0 Å². The average molecular weight is 343 g/mol. The second-order valence-corrected chi connectivity index (χ2v) is 7.46. The number of aryl methyl sites for hydroxylation is 1. The molecule has 2 heterocycles. The summed E-state index contributed by atoms with van der Waals surface area (Å²) in [5.74, 6) is 0.688. The fourth-order valence-corrected chi connectivity index (χ4v) is 4.00. The van der Waals surface area contributed by atoms with Gasteiger partial charge in [0, 0.05) is 24.7 Å². The van der Waals surface area contributed by atoms with Gasteiger partial charge in [-0.1, -0.05) is 42.1 Å². The number of nitrogens with zero attached hydrogens (tertiary/aromatic N) is 2. The summed E-state index contributed by atoms with van der Waals surface area (Å²) in [6.45, 7) is 5.09. The van der Waals surface area contributed by atoms with Crippen LogP contribution in [0.4, 0.5) is 0 Å². The molecular weight excluding hydrogens is 318 g/mol. The van der Waals surface area contributed by atoms with Crippen LogP contribution >= 0.6 is 11.8 Å². The van der Waals surface area contributed by atoms with E-state index in [9.17, 15) is 4.79 Å². The Morgan fingerprint density at radius 1 is 1.33 bits per heavy atom. The van der Waals surface area contributed by atoms with Crippen LogP contribution in [-0.4, -0.2) is 39.1 Å². The smallest absolute Gasteiger partial charge is 0.233 e. The summed E-state index contributed by atoms with van der Waals surface area (Å²) < 4.78 is 0. The first-order valence-corrected chi connectivity index (χ1v) is 9.63. The van der Waals surface area contributed by atoms with Crippen LogP contribution in [0, 0.1) is 6.92 Å². The third kappa shape index (κ3) is 4.20. The lowest BCUT2D eigenvalue weighted by molar-refractivity contribution is -0.131. The molecule has 1 aromatic heterocycles. The quantitative estimate of drug-likeness (QED) is 0.840. The summed E-state index contributed by atoms with van der Waals surface area (Å²) in [5, 5.41) is 0.844. The molecule has 5 heteroatoms. The van der Waals surface area contributed by atoms with E-state index < -0.39 is 0 Å². The Labute approximate surface area is 148 Å². The highest BCUT2D eigenvalue weighted by molar-refractivity contribution is 7.99. The summed E-state index contributed by atoms with van der Waals surface area (Å²) in [6, 6.07) is 10.7. The van der Waals surface area contributed by atoms with Gasteiger partial charge < -0.3 is 9.88 Å². The van der Waals surface area contributed by atoms with Crippen LogP contribution in [0.5, 0.6) is 0 Å². The van der Waals surface area contributed by atoms with E-state index in [-0.39, 0.29) is 5.91 Å². The Morgan fingerprint density at radius 2 is 2.12 bits per heavy atom. The molecule has 1 aliphatic rings. The number of hydrogen-bond donors (Lipinski definition) is 1. The number of piperidine rings is 1. The van der Waals surface area contributed by atoms with E-state index >= 15 is 0 Å². The highest BCUT2D eigenvalue weighted by atomic mass is 32.2. The zero-order valence-electron chi connectivity index (χ0n) is 14.4. The summed E-state index contributed by atoms with van der Waals surface area (Å²) in [6.07, 6.45) is 4.30. The second kappa shape index (κ2) is 7.88. The van der Waals surface area contributed by atoms with E-state index in [1.807, 2.05) is 30.0 Å². The van der Waals surface area contributed by atoms with Crippen molar-refractivity contribution in [1.82, 2.24) is 14.9 Å². The molecule has 1 atom stereocenters. The van der Waals surface area contributed by atoms with Crippen LogP contribution in [0.2, 0.25) is 0 Å². The maximum Gasteiger partial charge on any atom is 0.233 e. The highest BCUT2D eigenvalue weighted by Gasteiger charge is 2.23. The van der Waals surface area contributed by atoms with Crippen molar-refractivity contribution in [3.63, 3.8) is 0 Å². The Kier molecular flexibility index (Phi) is 5.61. The third-order valence-electron chi connectivity index (χ3n) is 4.63. The number of thioether (sulfide) groups is 1. The normalized spacial score (nSPS) is 17.9. The SMILES string of the molecule is Cc1[nH]c(SCC(=O)N2CCCC[C@@H]2C)nc1Cc1ccccc1.